The topological polar surface area (TPSA) is 78.4 Å². The van der Waals surface area contributed by atoms with E-state index in [4.69, 9.17) is 0 Å². The standard InChI is InChI=1S/C16H22N2O3/c1-3-6-11-7-4-5-8-13(11)17-15(21)18-16(2,14(19)20)12-9-10-12/h4-5,7-8,12H,3,6,9-10H2,1-2H3,(H,19,20)(H2,17,18,21). The van der Waals surface area contributed by atoms with Crippen LogP contribution in [0.2, 0.25) is 0 Å². The number of rotatable bonds is 6. The first-order chi connectivity index (χ1) is 9.97. The largest absolute Gasteiger partial charge is 0.480 e. The van der Waals surface area contributed by atoms with Gasteiger partial charge in [0.1, 0.15) is 5.54 Å². The van der Waals surface area contributed by atoms with E-state index in [1.807, 2.05) is 24.3 Å². The zero-order valence-electron chi connectivity index (χ0n) is 12.5. The first kappa shape index (κ1) is 15.4. The molecule has 1 aliphatic rings. The number of hydrogen-bond acceptors (Lipinski definition) is 2. The van der Waals surface area contributed by atoms with E-state index in [2.05, 4.69) is 17.6 Å². The van der Waals surface area contributed by atoms with Gasteiger partial charge in [-0.25, -0.2) is 9.59 Å². The molecule has 21 heavy (non-hydrogen) atoms. The van der Waals surface area contributed by atoms with Gasteiger partial charge in [0.15, 0.2) is 0 Å². The van der Waals surface area contributed by atoms with Crippen molar-refractivity contribution in [3.8, 4) is 0 Å². The van der Waals surface area contributed by atoms with Gasteiger partial charge in [-0.1, -0.05) is 31.5 Å². The first-order valence-corrected chi connectivity index (χ1v) is 7.38. The van der Waals surface area contributed by atoms with Crippen LogP contribution in [0.15, 0.2) is 24.3 Å². The van der Waals surface area contributed by atoms with Crippen LogP contribution >= 0.6 is 0 Å². The highest BCUT2D eigenvalue weighted by Gasteiger charge is 2.48. The van der Waals surface area contributed by atoms with Gasteiger partial charge in [-0.2, -0.15) is 0 Å². The van der Waals surface area contributed by atoms with E-state index in [-0.39, 0.29) is 5.92 Å². The molecular formula is C16H22N2O3. The molecule has 1 aromatic rings. The van der Waals surface area contributed by atoms with Gasteiger partial charge in [-0.05, 0) is 43.7 Å². The molecule has 1 aromatic carbocycles. The number of aliphatic carboxylic acids is 1. The van der Waals surface area contributed by atoms with E-state index >= 15 is 0 Å². The molecule has 1 fully saturated rings. The SMILES string of the molecule is CCCc1ccccc1NC(=O)NC(C)(C(=O)O)C1CC1. The Morgan fingerprint density at radius 1 is 1.33 bits per heavy atom. The maximum absolute atomic E-state index is 12.1. The normalized spacial score (nSPS) is 16.9. The summed E-state index contributed by atoms with van der Waals surface area (Å²) in [6.45, 7) is 3.65. The zero-order chi connectivity index (χ0) is 15.5. The van der Waals surface area contributed by atoms with Gasteiger partial charge in [0, 0.05) is 5.69 Å². The highest BCUT2D eigenvalue weighted by atomic mass is 16.4. The minimum atomic E-state index is -1.19. The second-order valence-corrected chi connectivity index (χ2v) is 5.77. The third-order valence-electron chi connectivity index (χ3n) is 4.00. The number of carbonyl (C=O) groups excluding carboxylic acids is 1. The second kappa shape index (κ2) is 6.16. The Kier molecular flexibility index (Phi) is 4.50. The van der Waals surface area contributed by atoms with Crippen LogP contribution in [-0.4, -0.2) is 22.6 Å². The van der Waals surface area contributed by atoms with Crippen molar-refractivity contribution in [2.24, 2.45) is 5.92 Å². The molecule has 0 radical (unpaired) electrons. The van der Waals surface area contributed by atoms with Crippen molar-refractivity contribution < 1.29 is 14.7 Å². The summed E-state index contributed by atoms with van der Waals surface area (Å²) in [5.41, 5.74) is 0.600. The van der Waals surface area contributed by atoms with Crippen molar-refractivity contribution in [3.05, 3.63) is 29.8 Å². The summed E-state index contributed by atoms with van der Waals surface area (Å²) in [5.74, 6) is -0.964. The fraction of sp³-hybridized carbons (Fsp3) is 0.500. The molecule has 2 rings (SSSR count). The van der Waals surface area contributed by atoms with Crippen LogP contribution < -0.4 is 10.6 Å². The molecule has 2 amide bonds. The highest BCUT2D eigenvalue weighted by Crippen LogP contribution is 2.39. The van der Waals surface area contributed by atoms with Crippen LogP contribution in [0.4, 0.5) is 10.5 Å². The van der Waals surface area contributed by atoms with Crippen molar-refractivity contribution in [2.45, 2.75) is 45.1 Å². The van der Waals surface area contributed by atoms with Crippen LogP contribution in [-0.2, 0) is 11.2 Å². The predicted octanol–water partition coefficient (Wildman–Crippen LogP) is 3.01. The summed E-state index contributed by atoms with van der Waals surface area (Å²) >= 11 is 0. The molecule has 0 aliphatic heterocycles. The van der Waals surface area contributed by atoms with Crippen LogP contribution in [0, 0.1) is 5.92 Å². The summed E-state index contributed by atoms with van der Waals surface area (Å²) in [7, 11) is 0. The number of anilines is 1. The van der Waals surface area contributed by atoms with Crippen molar-refractivity contribution in [1.82, 2.24) is 5.32 Å². The van der Waals surface area contributed by atoms with Gasteiger partial charge in [-0.3, -0.25) is 0 Å². The second-order valence-electron chi connectivity index (χ2n) is 5.77. The molecular weight excluding hydrogens is 268 g/mol. The number of benzene rings is 1. The number of hydrogen-bond donors (Lipinski definition) is 3. The molecule has 0 spiro atoms. The van der Waals surface area contributed by atoms with Crippen molar-refractivity contribution in [2.75, 3.05) is 5.32 Å². The Balaban J connectivity index is 2.06. The summed E-state index contributed by atoms with van der Waals surface area (Å²) in [6, 6.07) is 7.12. The molecule has 0 heterocycles. The smallest absolute Gasteiger partial charge is 0.329 e. The van der Waals surface area contributed by atoms with Crippen molar-refractivity contribution in [1.29, 1.82) is 0 Å². The van der Waals surface area contributed by atoms with E-state index in [1.54, 1.807) is 6.92 Å². The Bertz CT molecular complexity index is 540. The molecule has 5 heteroatoms. The fourth-order valence-electron chi connectivity index (χ4n) is 2.51. The summed E-state index contributed by atoms with van der Waals surface area (Å²) in [6.07, 6.45) is 3.54. The van der Waals surface area contributed by atoms with Gasteiger partial charge in [0.2, 0.25) is 0 Å². The first-order valence-electron chi connectivity index (χ1n) is 7.38. The van der Waals surface area contributed by atoms with E-state index in [0.29, 0.717) is 0 Å². The number of carboxylic acid groups (broad SMARTS) is 1. The molecule has 0 saturated heterocycles. The molecule has 1 saturated carbocycles. The minimum absolute atomic E-state index is 0.0200. The number of nitrogens with one attached hydrogen (secondary N) is 2. The third-order valence-corrected chi connectivity index (χ3v) is 4.00. The number of aryl methyl sites for hydroxylation is 1. The lowest BCUT2D eigenvalue weighted by Crippen LogP contribution is -2.55. The quantitative estimate of drug-likeness (QED) is 0.753. The van der Waals surface area contributed by atoms with Crippen LogP contribution in [0.5, 0.6) is 0 Å². The van der Waals surface area contributed by atoms with Gasteiger partial charge in [0.25, 0.3) is 0 Å². The lowest BCUT2D eigenvalue weighted by Gasteiger charge is -2.26. The average molecular weight is 290 g/mol. The Labute approximate surface area is 124 Å². The lowest BCUT2D eigenvalue weighted by atomic mass is 9.96. The summed E-state index contributed by atoms with van der Waals surface area (Å²) < 4.78 is 0. The molecule has 114 valence electrons. The molecule has 1 atom stereocenters. The van der Waals surface area contributed by atoms with E-state index in [9.17, 15) is 14.7 Å². The molecule has 1 aliphatic carbocycles. The van der Waals surface area contributed by atoms with Crippen molar-refractivity contribution in [3.63, 3.8) is 0 Å². The van der Waals surface area contributed by atoms with Crippen LogP contribution in [0.25, 0.3) is 0 Å². The molecule has 0 bridgehead atoms. The Hall–Kier alpha value is -2.04. The summed E-state index contributed by atoms with van der Waals surface area (Å²) in [4.78, 5) is 23.6. The number of carboxylic acids is 1. The molecule has 3 N–H and O–H groups in total. The Morgan fingerprint density at radius 3 is 2.57 bits per heavy atom. The number of para-hydroxylation sites is 1. The number of urea groups is 1. The molecule has 0 aromatic heterocycles. The molecule has 1 unspecified atom stereocenters. The number of amides is 2. The maximum atomic E-state index is 12.1. The van der Waals surface area contributed by atoms with E-state index in [1.165, 1.54) is 0 Å². The maximum Gasteiger partial charge on any atom is 0.329 e. The predicted molar refractivity (Wildman–Crippen MR) is 81.4 cm³/mol. The zero-order valence-corrected chi connectivity index (χ0v) is 12.5. The van der Waals surface area contributed by atoms with E-state index in [0.717, 1.165) is 36.9 Å². The third kappa shape index (κ3) is 3.54. The van der Waals surface area contributed by atoms with Crippen LogP contribution in [0.3, 0.4) is 0 Å². The van der Waals surface area contributed by atoms with Gasteiger partial charge in [-0.15, -0.1) is 0 Å². The monoisotopic (exact) mass is 290 g/mol. The van der Waals surface area contributed by atoms with Gasteiger partial charge < -0.3 is 15.7 Å². The molecule has 5 nitrogen and oxygen atoms in total. The minimum Gasteiger partial charge on any atom is -0.480 e. The van der Waals surface area contributed by atoms with Gasteiger partial charge in [0.05, 0.1) is 0 Å². The lowest BCUT2D eigenvalue weighted by molar-refractivity contribution is -0.144. The van der Waals surface area contributed by atoms with E-state index < -0.39 is 17.5 Å². The average Bonchev–Trinajstić information content (AvgIpc) is 3.25. The van der Waals surface area contributed by atoms with Gasteiger partial charge >= 0.3 is 12.0 Å². The summed E-state index contributed by atoms with van der Waals surface area (Å²) in [5, 5.41) is 14.8. The fourth-order valence-corrected chi connectivity index (χ4v) is 2.51. The highest BCUT2D eigenvalue weighted by molar-refractivity contribution is 5.94. The van der Waals surface area contributed by atoms with Crippen LogP contribution in [0.1, 0.15) is 38.7 Å². The number of carbonyl (C=O) groups is 2. The Morgan fingerprint density at radius 2 is 2.00 bits per heavy atom. The van der Waals surface area contributed by atoms with Crippen molar-refractivity contribution >= 4 is 17.7 Å².